The van der Waals surface area contributed by atoms with E-state index < -0.39 is 0 Å². The summed E-state index contributed by atoms with van der Waals surface area (Å²) in [6, 6.07) is 7.18. The lowest BCUT2D eigenvalue weighted by atomic mass is 10.3. The summed E-state index contributed by atoms with van der Waals surface area (Å²) in [4.78, 5) is 24.9. The highest BCUT2D eigenvalue weighted by Gasteiger charge is 2.27. The number of nitrogens with one attached hydrogen (secondary N) is 1. The van der Waals surface area contributed by atoms with Crippen LogP contribution in [0.5, 0.6) is 0 Å². The predicted molar refractivity (Wildman–Crippen MR) is 59.1 cm³/mol. The molecular formula is C10H10N2O2S. The van der Waals surface area contributed by atoms with Gasteiger partial charge in [0.1, 0.15) is 6.54 Å². The number of amides is 3. The van der Waals surface area contributed by atoms with E-state index in [1.807, 2.05) is 30.5 Å². The van der Waals surface area contributed by atoms with Gasteiger partial charge in [-0.05, 0) is 30.5 Å². The zero-order chi connectivity index (χ0) is 10.8. The van der Waals surface area contributed by atoms with Crippen LogP contribution in [-0.2, 0) is 4.79 Å². The average Bonchev–Trinajstić information content (AvgIpc) is 2.58. The van der Waals surface area contributed by atoms with Crippen molar-refractivity contribution in [3.05, 3.63) is 24.3 Å². The number of hydrogen-bond donors (Lipinski definition) is 1. The Morgan fingerprint density at radius 2 is 1.93 bits per heavy atom. The number of nitrogens with zero attached hydrogens (tertiary/aromatic N) is 1. The normalized spacial score (nSPS) is 15.7. The molecule has 4 nitrogen and oxygen atoms in total. The van der Waals surface area contributed by atoms with Crippen LogP contribution in [0, 0.1) is 0 Å². The second-order valence-electron chi connectivity index (χ2n) is 3.14. The van der Waals surface area contributed by atoms with Gasteiger partial charge in [0.15, 0.2) is 0 Å². The number of carbonyl (C=O) groups excluding carboxylic acids is 2. The van der Waals surface area contributed by atoms with Crippen molar-refractivity contribution in [3.63, 3.8) is 0 Å². The third kappa shape index (κ3) is 1.97. The van der Waals surface area contributed by atoms with Gasteiger partial charge in [0.05, 0.1) is 0 Å². The summed E-state index contributed by atoms with van der Waals surface area (Å²) in [5, 5.41) is 2.24. The van der Waals surface area contributed by atoms with Gasteiger partial charge in [-0.1, -0.05) is 0 Å². The van der Waals surface area contributed by atoms with Crippen LogP contribution < -0.4 is 10.2 Å². The molecule has 0 aliphatic carbocycles. The average molecular weight is 222 g/mol. The van der Waals surface area contributed by atoms with Gasteiger partial charge in [0.25, 0.3) is 0 Å². The highest BCUT2D eigenvalue weighted by molar-refractivity contribution is 7.98. The largest absolute Gasteiger partial charge is 0.329 e. The number of imide groups is 1. The van der Waals surface area contributed by atoms with Crippen LogP contribution in [-0.4, -0.2) is 24.7 Å². The van der Waals surface area contributed by atoms with Crippen LogP contribution in [0.3, 0.4) is 0 Å². The van der Waals surface area contributed by atoms with Gasteiger partial charge in [-0.15, -0.1) is 11.8 Å². The molecule has 1 fully saturated rings. The van der Waals surface area contributed by atoms with E-state index in [0.29, 0.717) is 0 Å². The molecule has 1 heterocycles. The Morgan fingerprint density at radius 1 is 1.27 bits per heavy atom. The van der Waals surface area contributed by atoms with E-state index in [4.69, 9.17) is 0 Å². The Hall–Kier alpha value is -1.49. The fraction of sp³-hybridized carbons (Fsp3) is 0.200. The van der Waals surface area contributed by atoms with Gasteiger partial charge in [-0.3, -0.25) is 15.0 Å². The van der Waals surface area contributed by atoms with Crippen LogP contribution in [0.25, 0.3) is 0 Å². The van der Waals surface area contributed by atoms with Crippen molar-refractivity contribution in [2.75, 3.05) is 17.7 Å². The fourth-order valence-electron chi connectivity index (χ4n) is 1.41. The highest BCUT2D eigenvalue weighted by Crippen LogP contribution is 2.21. The summed E-state index contributed by atoms with van der Waals surface area (Å²) in [6.07, 6.45) is 1.99. The zero-order valence-electron chi connectivity index (χ0n) is 8.19. The van der Waals surface area contributed by atoms with E-state index in [1.54, 1.807) is 11.8 Å². The maximum Gasteiger partial charge on any atom is 0.329 e. The van der Waals surface area contributed by atoms with Crippen LogP contribution in [0.1, 0.15) is 0 Å². The number of urea groups is 1. The Labute approximate surface area is 91.6 Å². The number of rotatable bonds is 2. The molecule has 3 amide bonds. The maximum atomic E-state index is 11.3. The molecule has 0 unspecified atom stereocenters. The molecule has 0 radical (unpaired) electrons. The van der Waals surface area contributed by atoms with Gasteiger partial charge < -0.3 is 0 Å². The highest BCUT2D eigenvalue weighted by atomic mass is 32.2. The SMILES string of the molecule is CSc1ccc(N2CC(=O)NC2=O)cc1. The molecule has 15 heavy (non-hydrogen) atoms. The second-order valence-corrected chi connectivity index (χ2v) is 4.02. The predicted octanol–water partition coefficient (Wildman–Crippen LogP) is 1.46. The summed E-state index contributed by atoms with van der Waals surface area (Å²) in [5.41, 5.74) is 0.746. The summed E-state index contributed by atoms with van der Waals surface area (Å²) in [5.74, 6) is -0.256. The molecule has 1 aliphatic heterocycles. The van der Waals surface area contributed by atoms with E-state index in [-0.39, 0.29) is 18.5 Å². The second kappa shape index (κ2) is 3.94. The lowest BCUT2D eigenvalue weighted by molar-refractivity contribution is -0.117. The summed E-state index contributed by atoms with van der Waals surface area (Å²) >= 11 is 1.64. The molecule has 0 bridgehead atoms. The maximum absolute atomic E-state index is 11.3. The van der Waals surface area contributed by atoms with E-state index in [1.165, 1.54) is 4.90 Å². The molecule has 0 saturated carbocycles. The number of thioether (sulfide) groups is 1. The fourth-order valence-corrected chi connectivity index (χ4v) is 1.82. The third-order valence-corrected chi connectivity index (χ3v) is 2.92. The molecule has 78 valence electrons. The quantitative estimate of drug-likeness (QED) is 0.609. The van der Waals surface area contributed by atoms with Gasteiger partial charge in [0, 0.05) is 10.6 Å². The molecule has 1 aromatic carbocycles. The number of carbonyl (C=O) groups is 2. The minimum absolute atomic E-state index is 0.109. The number of anilines is 1. The first kappa shape index (κ1) is 10.0. The van der Waals surface area contributed by atoms with Gasteiger partial charge >= 0.3 is 6.03 Å². The molecule has 0 aromatic heterocycles. The monoisotopic (exact) mass is 222 g/mol. The summed E-state index contributed by atoms with van der Waals surface area (Å²) < 4.78 is 0. The topological polar surface area (TPSA) is 49.4 Å². The first-order chi connectivity index (χ1) is 7.20. The van der Waals surface area contributed by atoms with E-state index in [2.05, 4.69) is 5.32 Å². The van der Waals surface area contributed by atoms with Gasteiger partial charge in [-0.25, -0.2) is 4.79 Å². The van der Waals surface area contributed by atoms with Crippen molar-refractivity contribution in [3.8, 4) is 0 Å². The number of benzene rings is 1. The van der Waals surface area contributed by atoms with Crippen LogP contribution in [0.15, 0.2) is 29.2 Å². The van der Waals surface area contributed by atoms with Crippen molar-refractivity contribution < 1.29 is 9.59 Å². The molecule has 1 aromatic rings. The van der Waals surface area contributed by atoms with Crippen molar-refractivity contribution >= 4 is 29.4 Å². The molecule has 1 N–H and O–H groups in total. The standard InChI is InChI=1S/C10H10N2O2S/c1-15-8-4-2-7(3-5-8)12-6-9(13)11-10(12)14/h2-5H,6H2,1H3,(H,11,13,14). The van der Waals surface area contributed by atoms with Crippen LogP contribution >= 0.6 is 11.8 Å². The van der Waals surface area contributed by atoms with E-state index >= 15 is 0 Å². The van der Waals surface area contributed by atoms with E-state index in [0.717, 1.165) is 10.6 Å². The van der Waals surface area contributed by atoms with Gasteiger partial charge in [-0.2, -0.15) is 0 Å². The summed E-state index contributed by atoms with van der Waals surface area (Å²) in [7, 11) is 0. The number of hydrogen-bond acceptors (Lipinski definition) is 3. The van der Waals surface area contributed by atoms with Crippen LogP contribution in [0.2, 0.25) is 0 Å². The molecule has 1 aliphatic rings. The molecule has 2 rings (SSSR count). The van der Waals surface area contributed by atoms with Gasteiger partial charge in [0.2, 0.25) is 5.91 Å². The third-order valence-electron chi connectivity index (χ3n) is 2.18. The lowest BCUT2D eigenvalue weighted by Gasteiger charge is -2.12. The first-order valence-corrected chi connectivity index (χ1v) is 5.68. The van der Waals surface area contributed by atoms with E-state index in [9.17, 15) is 9.59 Å². The molecular weight excluding hydrogens is 212 g/mol. The molecule has 1 saturated heterocycles. The van der Waals surface area contributed by atoms with Crippen molar-refractivity contribution in [2.24, 2.45) is 0 Å². The Morgan fingerprint density at radius 3 is 2.40 bits per heavy atom. The molecule has 5 heteroatoms. The molecule has 0 spiro atoms. The minimum Gasteiger partial charge on any atom is -0.285 e. The first-order valence-electron chi connectivity index (χ1n) is 4.46. The molecule has 0 atom stereocenters. The van der Waals surface area contributed by atoms with Crippen molar-refractivity contribution in [1.29, 1.82) is 0 Å². The van der Waals surface area contributed by atoms with Crippen molar-refractivity contribution in [1.82, 2.24) is 5.32 Å². The smallest absolute Gasteiger partial charge is 0.285 e. The Balaban J connectivity index is 2.22. The lowest BCUT2D eigenvalue weighted by Crippen LogP contribution is -2.27. The Bertz CT molecular complexity index is 402. The zero-order valence-corrected chi connectivity index (χ0v) is 9.00. The van der Waals surface area contributed by atoms with Crippen molar-refractivity contribution in [2.45, 2.75) is 4.90 Å². The minimum atomic E-state index is -0.350. The van der Waals surface area contributed by atoms with Crippen LogP contribution in [0.4, 0.5) is 10.5 Å². The Kier molecular flexibility index (Phi) is 2.64. The summed E-state index contributed by atoms with van der Waals surface area (Å²) in [6.45, 7) is 0.109.